The van der Waals surface area contributed by atoms with Gasteiger partial charge in [-0.1, -0.05) is 18.2 Å². The van der Waals surface area contributed by atoms with E-state index in [1.165, 1.54) is 17.2 Å². The molecule has 0 spiro atoms. The number of aromatic amines is 2. The summed E-state index contributed by atoms with van der Waals surface area (Å²) in [5.74, 6) is -0.391. The molecule has 0 fully saturated rings. The van der Waals surface area contributed by atoms with E-state index in [2.05, 4.69) is 21.3 Å². The normalized spacial score (nSPS) is 14.0. The van der Waals surface area contributed by atoms with Crippen molar-refractivity contribution in [3.8, 4) is 0 Å². The number of nitrogens with one attached hydrogen (secondary N) is 2. The first-order valence-electron chi connectivity index (χ1n) is 9.31. The monoisotopic (exact) mass is 391 g/mol. The minimum atomic E-state index is -0.487. The van der Waals surface area contributed by atoms with E-state index < -0.39 is 5.56 Å². The summed E-state index contributed by atoms with van der Waals surface area (Å²) in [6.45, 7) is 0.965. The SMILES string of the molecule is CN(C)C(=O)c1cc2ccc(C3=CCCN(C(=O)c4ccn[nH]c4=O)C3)cc2[nH]1. The minimum absolute atomic E-state index is 0.0843. The van der Waals surface area contributed by atoms with E-state index in [0.29, 0.717) is 25.2 Å². The third-order valence-corrected chi connectivity index (χ3v) is 5.02. The first kappa shape index (κ1) is 18.7. The Bertz CT molecular complexity index is 1190. The van der Waals surface area contributed by atoms with Gasteiger partial charge in [0.2, 0.25) is 0 Å². The Morgan fingerprint density at radius 1 is 1.17 bits per heavy atom. The summed E-state index contributed by atoms with van der Waals surface area (Å²) in [5.41, 5.74) is 2.99. The molecule has 0 atom stereocenters. The number of carbonyl (C=O) groups excluding carboxylic acids is 2. The first-order chi connectivity index (χ1) is 13.9. The van der Waals surface area contributed by atoms with Crippen molar-refractivity contribution < 1.29 is 9.59 Å². The van der Waals surface area contributed by atoms with Gasteiger partial charge in [-0.05, 0) is 35.8 Å². The Morgan fingerprint density at radius 3 is 2.76 bits per heavy atom. The van der Waals surface area contributed by atoms with Crippen LogP contribution >= 0.6 is 0 Å². The van der Waals surface area contributed by atoms with Crippen molar-refractivity contribution in [2.75, 3.05) is 27.2 Å². The van der Waals surface area contributed by atoms with Crippen LogP contribution in [-0.4, -0.2) is 64.0 Å². The zero-order valence-corrected chi connectivity index (χ0v) is 16.2. The van der Waals surface area contributed by atoms with Crippen molar-refractivity contribution in [3.05, 3.63) is 69.8 Å². The fourth-order valence-corrected chi connectivity index (χ4v) is 3.49. The van der Waals surface area contributed by atoms with Crippen molar-refractivity contribution in [2.45, 2.75) is 6.42 Å². The number of carbonyl (C=O) groups is 2. The number of hydrogen-bond donors (Lipinski definition) is 2. The van der Waals surface area contributed by atoms with Gasteiger partial charge in [0.05, 0.1) is 0 Å². The number of amides is 2. The zero-order valence-electron chi connectivity index (χ0n) is 16.2. The lowest BCUT2D eigenvalue weighted by Crippen LogP contribution is -2.38. The second-order valence-corrected chi connectivity index (χ2v) is 7.23. The Morgan fingerprint density at radius 2 is 2.00 bits per heavy atom. The number of rotatable bonds is 3. The molecule has 4 rings (SSSR count). The van der Waals surface area contributed by atoms with Gasteiger partial charge in [-0.25, -0.2) is 5.10 Å². The van der Waals surface area contributed by atoms with Crippen LogP contribution in [0.15, 0.2) is 47.4 Å². The van der Waals surface area contributed by atoms with E-state index >= 15 is 0 Å². The maximum atomic E-state index is 12.8. The maximum absolute atomic E-state index is 12.8. The highest BCUT2D eigenvalue weighted by molar-refractivity contribution is 5.99. The fourth-order valence-electron chi connectivity index (χ4n) is 3.49. The Hall–Kier alpha value is -3.68. The smallest absolute Gasteiger partial charge is 0.277 e. The molecule has 1 aliphatic rings. The van der Waals surface area contributed by atoms with Gasteiger partial charge in [0, 0.05) is 44.3 Å². The van der Waals surface area contributed by atoms with Gasteiger partial charge in [0.15, 0.2) is 0 Å². The summed E-state index contributed by atoms with van der Waals surface area (Å²) in [7, 11) is 3.43. The summed E-state index contributed by atoms with van der Waals surface area (Å²) in [6.07, 6.45) is 4.22. The summed E-state index contributed by atoms with van der Waals surface area (Å²) < 4.78 is 0. The van der Waals surface area contributed by atoms with E-state index in [1.807, 2.05) is 24.3 Å². The van der Waals surface area contributed by atoms with Crippen LogP contribution in [0.25, 0.3) is 16.5 Å². The molecule has 0 saturated carbocycles. The number of H-pyrrole nitrogens is 2. The molecule has 0 radical (unpaired) electrons. The lowest BCUT2D eigenvalue weighted by molar-refractivity contribution is 0.0771. The number of nitrogens with zero attached hydrogens (tertiary/aromatic N) is 3. The topological polar surface area (TPSA) is 102 Å². The predicted octanol–water partition coefficient (Wildman–Crippen LogP) is 1.88. The standard InChI is InChI=1S/C21H21N5O3/c1-25(2)21(29)18-11-14-6-5-13(10-17(14)23-18)15-4-3-9-26(12-15)20(28)16-7-8-22-24-19(16)27/h4-8,10-11,23H,3,9,12H2,1-2H3,(H,24,27). The second-order valence-electron chi connectivity index (χ2n) is 7.23. The van der Waals surface area contributed by atoms with Gasteiger partial charge in [0.1, 0.15) is 11.3 Å². The van der Waals surface area contributed by atoms with Crippen LogP contribution in [-0.2, 0) is 0 Å². The number of fused-ring (bicyclic) bond motifs is 1. The largest absolute Gasteiger partial charge is 0.351 e. The molecule has 8 heteroatoms. The quantitative estimate of drug-likeness (QED) is 0.712. The summed E-state index contributed by atoms with van der Waals surface area (Å²) in [6, 6.07) is 9.21. The number of hydrogen-bond acceptors (Lipinski definition) is 4. The molecule has 29 heavy (non-hydrogen) atoms. The molecule has 8 nitrogen and oxygen atoms in total. The molecule has 1 aliphatic heterocycles. The van der Waals surface area contributed by atoms with Crippen molar-refractivity contribution >= 4 is 28.3 Å². The van der Waals surface area contributed by atoms with Crippen LogP contribution in [0, 0.1) is 0 Å². The van der Waals surface area contributed by atoms with Crippen LogP contribution in [0.4, 0.5) is 0 Å². The van der Waals surface area contributed by atoms with Crippen molar-refractivity contribution in [2.24, 2.45) is 0 Å². The van der Waals surface area contributed by atoms with E-state index in [0.717, 1.165) is 22.0 Å². The zero-order chi connectivity index (χ0) is 20.5. The third-order valence-electron chi connectivity index (χ3n) is 5.02. The molecule has 2 N–H and O–H groups in total. The summed E-state index contributed by atoms with van der Waals surface area (Å²) in [4.78, 5) is 43.2. The van der Waals surface area contributed by atoms with Crippen LogP contribution in [0.3, 0.4) is 0 Å². The molecular weight excluding hydrogens is 370 g/mol. The average molecular weight is 391 g/mol. The van der Waals surface area contributed by atoms with Crippen LogP contribution in [0.2, 0.25) is 0 Å². The number of benzene rings is 1. The maximum Gasteiger partial charge on any atom is 0.277 e. The molecule has 0 bridgehead atoms. The van der Waals surface area contributed by atoms with Gasteiger partial charge in [-0.2, -0.15) is 5.10 Å². The molecule has 148 valence electrons. The van der Waals surface area contributed by atoms with Gasteiger partial charge >= 0.3 is 0 Å². The lowest BCUT2D eigenvalue weighted by Gasteiger charge is -2.27. The van der Waals surface area contributed by atoms with Crippen molar-refractivity contribution in [3.63, 3.8) is 0 Å². The van der Waals surface area contributed by atoms with Crippen LogP contribution in [0.5, 0.6) is 0 Å². The number of aromatic nitrogens is 3. The third kappa shape index (κ3) is 3.56. The summed E-state index contributed by atoms with van der Waals surface area (Å²) in [5, 5.41) is 6.89. The Kier molecular flexibility index (Phi) is 4.75. The first-order valence-corrected chi connectivity index (χ1v) is 9.31. The molecule has 3 aromatic rings. The van der Waals surface area contributed by atoms with Crippen LogP contribution in [0.1, 0.15) is 32.8 Å². The molecular formula is C21H21N5O3. The molecule has 1 aromatic carbocycles. The highest BCUT2D eigenvalue weighted by atomic mass is 16.2. The van der Waals surface area contributed by atoms with Gasteiger partial charge in [-0.15, -0.1) is 0 Å². The molecule has 0 unspecified atom stereocenters. The average Bonchev–Trinajstić information content (AvgIpc) is 3.16. The minimum Gasteiger partial charge on any atom is -0.351 e. The Balaban J connectivity index is 1.60. The molecule has 0 aliphatic carbocycles. The highest BCUT2D eigenvalue weighted by Gasteiger charge is 2.22. The lowest BCUT2D eigenvalue weighted by atomic mass is 9.99. The predicted molar refractivity (Wildman–Crippen MR) is 110 cm³/mol. The van der Waals surface area contributed by atoms with E-state index in [1.54, 1.807) is 19.0 Å². The second kappa shape index (κ2) is 7.38. The molecule has 2 aromatic heterocycles. The van der Waals surface area contributed by atoms with Crippen molar-refractivity contribution in [1.82, 2.24) is 25.0 Å². The van der Waals surface area contributed by atoms with Crippen LogP contribution < -0.4 is 5.56 Å². The van der Waals surface area contributed by atoms with E-state index in [4.69, 9.17) is 0 Å². The molecule has 0 saturated heterocycles. The van der Waals surface area contributed by atoms with E-state index in [9.17, 15) is 14.4 Å². The molecule has 3 heterocycles. The van der Waals surface area contributed by atoms with Crippen molar-refractivity contribution in [1.29, 1.82) is 0 Å². The summed E-state index contributed by atoms with van der Waals surface area (Å²) >= 11 is 0. The fraction of sp³-hybridized carbons (Fsp3) is 0.238. The van der Waals surface area contributed by atoms with E-state index in [-0.39, 0.29) is 17.4 Å². The highest BCUT2D eigenvalue weighted by Crippen LogP contribution is 2.26. The Labute approximate surface area is 166 Å². The van der Waals surface area contributed by atoms with Gasteiger partial charge in [-0.3, -0.25) is 14.4 Å². The van der Waals surface area contributed by atoms with Gasteiger partial charge < -0.3 is 14.8 Å². The molecule has 2 amide bonds. The van der Waals surface area contributed by atoms with Gasteiger partial charge in [0.25, 0.3) is 17.4 Å².